The van der Waals surface area contributed by atoms with Crippen molar-refractivity contribution in [3.63, 3.8) is 0 Å². The molecule has 1 aromatic rings. The molecular weight excluding hydrogens is 277 g/mol. The largest absolute Gasteiger partial charge is 0.236 e. The number of aliphatic imine (C=N–C) groups is 1. The molecule has 13 heavy (non-hydrogen) atoms. The summed E-state index contributed by atoms with van der Waals surface area (Å²) in [5, 5.41) is 0. The predicted octanol–water partition coefficient (Wildman–Crippen LogP) is 2.56. The Morgan fingerprint density at radius 3 is 3.00 bits per heavy atom. The lowest BCUT2D eigenvalue weighted by molar-refractivity contribution is 0.554. The van der Waals surface area contributed by atoms with Crippen LogP contribution in [0, 0.1) is 0 Å². The van der Waals surface area contributed by atoms with Gasteiger partial charge in [0.1, 0.15) is 3.55 Å². The molecule has 0 bridgehead atoms. The van der Waals surface area contributed by atoms with E-state index in [1.807, 2.05) is 18.2 Å². The summed E-state index contributed by atoms with van der Waals surface area (Å²) in [6.07, 6.45) is 3.57. The second-order valence-corrected chi connectivity index (χ2v) is 4.90. The van der Waals surface area contributed by atoms with Gasteiger partial charge in [-0.2, -0.15) is 4.99 Å². The average molecular weight is 285 g/mol. The number of halogens is 1. The zero-order valence-corrected chi connectivity index (χ0v) is 9.11. The summed E-state index contributed by atoms with van der Waals surface area (Å²) in [6, 6.07) is 8.13. The molecule has 0 radical (unpaired) electrons. The Hall–Kier alpha value is -0.670. The van der Waals surface area contributed by atoms with Crippen LogP contribution >= 0.6 is 22.6 Å². The van der Waals surface area contributed by atoms with Gasteiger partial charge in [0.15, 0.2) is 0 Å². The summed E-state index contributed by atoms with van der Waals surface area (Å²) >= 11 is 2.23. The van der Waals surface area contributed by atoms with Crippen molar-refractivity contribution < 1.29 is 4.79 Å². The van der Waals surface area contributed by atoms with E-state index in [1.54, 1.807) is 6.08 Å². The Morgan fingerprint density at radius 1 is 1.46 bits per heavy atom. The fourth-order valence-corrected chi connectivity index (χ4v) is 2.63. The molecule has 1 aliphatic carbocycles. The lowest BCUT2D eigenvalue weighted by atomic mass is 10.1. The van der Waals surface area contributed by atoms with Gasteiger partial charge in [0, 0.05) is 0 Å². The van der Waals surface area contributed by atoms with Crippen molar-refractivity contribution >= 4 is 28.7 Å². The summed E-state index contributed by atoms with van der Waals surface area (Å²) in [5.74, 6) is 0. The molecule has 0 amide bonds. The van der Waals surface area contributed by atoms with Gasteiger partial charge >= 0.3 is 0 Å². The summed E-state index contributed by atoms with van der Waals surface area (Å²) in [4.78, 5) is 14.2. The van der Waals surface area contributed by atoms with E-state index in [0.29, 0.717) is 0 Å². The summed E-state index contributed by atoms with van der Waals surface area (Å²) in [6.45, 7) is 0. The Labute approximate surface area is 90.2 Å². The van der Waals surface area contributed by atoms with Crippen LogP contribution in [0.1, 0.15) is 17.5 Å². The minimum atomic E-state index is -0.351. The molecule has 0 unspecified atom stereocenters. The number of rotatable bonds is 1. The van der Waals surface area contributed by atoms with E-state index < -0.39 is 0 Å². The first kappa shape index (κ1) is 8.91. The van der Waals surface area contributed by atoms with Crippen LogP contribution in [0.25, 0.3) is 0 Å². The molecule has 0 N–H and O–H groups in total. The number of benzene rings is 1. The molecule has 0 fully saturated rings. The standard InChI is InChI=1S/C10H8INO/c11-10(12-7-13)6-5-8-3-1-2-4-9(8)10/h1-4H,5-6H2/t10-/m1/s1. The van der Waals surface area contributed by atoms with Crippen LogP contribution in [-0.4, -0.2) is 6.08 Å². The normalized spacial score (nSPS) is 25.0. The molecular formula is C10H8INO. The lowest BCUT2D eigenvalue weighted by Gasteiger charge is -2.14. The first-order valence-corrected chi connectivity index (χ1v) is 5.20. The van der Waals surface area contributed by atoms with E-state index in [4.69, 9.17) is 0 Å². The van der Waals surface area contributed by atoms with Crippen molar-refractivity contribution in [2.75, 3.05) is 0 Å². The number of isocyanates is 1. The van der Waals surface area contributed by atoms with Crippen LogP contribution in [0.15, 0.2) is 29.3 Å². The third-order valence-corrected chi connectivity index (χ3v) is 3.74. The van der Waals surface area contributed by atoms with Crippen LogP contribution in [0.5, 0.6) is 0 Å². The predicted molar refractivity (Wildman–Crippen MR) is 58.6 cm³/mol. The highest BCUT2D eigenvalue weighted by Crippen LogP contribution is 2.45. The van der Waals surface area contributed by atoms with Crippen LogP contribution < -0.4 is 0 Å². The van der Waals surface area contributed by atoms with Crippen LogP contribution in [-0.2, 0) is 14.8 Å². The highest BCUT2D eigenvalue weighted by Gasteiger charge is 2.35. The first-order chi connectivity index (χ1) is 6.26. The smallest absolute Gasteiger partial charge is 0.211 e. The quantitative estimate of drug-likeness (QED) is 0.256. The number of aryl methyl sites for hydroxylation is 1. The van der Waals surface area contributed by atoms with Crippen molar-refractivity contribution in [1.29, 1.82) is 0 Å². The fourth-order valence-electron chi connectivity index (χ4n) is 1.74. The molecule has 3 heteroatoms. The highest BCUT2D eigenvalue weighted by atomic mass is 127. The van der Waals surface area contributed by atoms with Crippen LogP contribution in [0.4, 0.5) is 0 Å². The molecule has 0 saturated heterocycles. The SMILES string of the molecule is O=C=N[C@]1(I)CCc2ccccc21. The molecule has 0 aliphatic heterocycles. The van der Waals surface area contributed by atoms with Gasteiger partial charge in [-0.05, 0) is 46.6 Å². The van der Waals surface area contributed by atoms with E-state index in [-0.39, 0.29) is 3.55 Å². The van der Waals surface area contributed by atoms with Crippen molar-refractivity contribution in [3.8, 4) is 0 Å². The maximum absolute atomic E-state index is 10.3. The maximum Gasteiger partial charge on any atom is 0.236 e. The molecule has 0 heterocycles. The van der Waals surface area contributed by atoms with Gasteiger partial charge in [0.25, 0.3) is 0 Å². The van der Waals surface area contributed by atoms with Crippen molar-refractivity contribution in [1.82, 2.24) is 0 Å². The average Bonchev–Trinajstić information content (AvgIpc) is 2.46. The molecule has 1 aliphatic rings. The van der Waals surface area contributed by atoms with E-state index in [0.717, 1.165) is 12.8 Å². The molecule has 0 aromatic heterocycles. The number of hydrogen-bond acceptors (Lipinski definition) is 2. The number of hydrogen-bond donors (Lipinski definition) is 0. The Bertz CT molecular complexity index is 384. The van der Waals surface area contributed by atoms with Crippen molar-refractivity contribution in [3.05, 3.63) is 35.4 Å². The van der Waals surface area contributed by atoms with Crippen molar-refractivity contribution in [2.45, 2.75) is 16.4 Å². The van der Waals surface area contributed by atoms with Gasteiger partial charge in [0.05, 0.1) is 0 Å². The molecule has 1 atom stereocenters. The van der Waals surface area contributed by atoms with Gasteiger partial charge in [-0.25, -0.2) is 4.79 Å². The molecule has 0 spiro atoms. The number of alkyl halides is 1. The van der Waals surface area contributed by atoms with Crippen LogP contribution in [0.3, 0.4) is 0 Å². The van der Waals surface area contributed by atoms with E-state index in [2.05, 4.69) is 33.6 Å². The Morgan fingerprint density at radius 2 is 2.23 bits per heavy atom. The number of fused-ring (bicyclic) bond motifs is 1. The van der Waals surface area contributed by atoms with Gasteiger partial charge in [-0.3, -0.25) is 0 Å². The van der Waals surface area contributed by atoms with Gasteiger partial charge in [-0.1, -0.05) is 24.3 Å². The molecule has 0 saturated carbocycles. The lowest BCUT2D eigenvalue weighted by Crippen LogP contribution is -2.09. The molecule has 2 nitrogen and oxygen atoms in total. The zero-order valence-electron chi connectivity index (χ0n) is 6.96. The molecule has 1 aromatic carbocycles. The fraction of sp³-hybridized carbons (Fsp3) is 0.300. The van der Waals surface area contributed by atoms with Crippen molar-refractivity contribution in [2.24, 2.45) is 4.99 Å². The molecule has 2 rings (SSSR count). The second-order valence-electron chi connectivity index (χ2n) is 3.12. The Balaban J connectivity index is 2.54. The number of nitrogens with zero attached hydrogens (tertiary/aromatic N) is 1. The van der Waals surface area contributed by atoms with Gasteiger partial charge in [-0.15, -0.1) is 0 Å². The highest BCUT2D eigenvalue weighted by molar-refractivity contribution is 14.1. The second kappa shape index (κ2) is 3.24. The minimum absolute atomic E-state index is 0.351. The van der Waals surface area contributed by atoms with E-state index in [1.165, 1.54) is 11.1 Å². The minimum Gasteiger partial charge on any atom is -0.211 e. The summed E-state index contributed by atoms with van der Waals surface area (Å²) < 4.78 is -0.351. The number of carbonyl (C=O) groups excluding carboxylic acids is 1. The summed E-state index contributed by atoms with van der Waals surface area (Å²) in [7, 11) is 0. The summed E-state index contributed by atoms with van der Waals surface area (Å²) in [5.41, 5.74) is 2.47. The topological polar surface area (TPSA) is 29.4 Å². The zero-order chi connectivity index (χ0) is 9.31. The van der Waals surface area contributed by atoms with Crippen LogP contribution in [0.2, 0.25) is 0 Å². The first-order valence-electron chi connectivity index (χ1n) is 4.12. The van der Waals surface area contributed by atoms with E-state index in [9.17, 15) is 4.79 Å². The Kier molecular flexibility index (Phi) is 2.22. The maximum atomic E-state index is 10.3. The van der Waals surface area contributed by atoms with Gasteiger partial charge in [0.2, 0.25) is 6.08 Å². The third kappa shape index (κ3) is 1.42. The van der Waals surface area contributed by atoms with E-state index >= 15 is 0 Å². The molecule has 66 valence electrons. The van der Waals surface area contributed by atoms with Gasteiger partial charge < -0.3 is 0 Å². The third-order valence-electron chi connectivity index (χ3n) is 2.38. The monoisotopic (exact) mass is 285 g/mol.